The van der Waals surface area contributed by atoms with Gasteiger partial charge in [-0.3, -0.25) is 4.79 Å². The van der Waals surface area contributed by atoms with Crippen molar-refractivity contribution in [2.24, 2.45) is 5.92 Å². The molecule has 6 nitrogen and oxygen atoms in total. The summed E-state index contributed by atoms with van der Waals surface area (Å²) in [5, 5.41) is 13.0. The summed E-state index contributed by atoms with van der Waals surface area (Å²) in [4.78, 5) is 25.1. The van der Waals surface area contributed by atoms with Crippen LogP contribution in [0.15, 0.2) is 28.7 Å². The maximum atomic E-state index is 12.4. The number of carbonyl (C=O) groups is 2. The Bertz CT molecular complexity index is 759. The molecule has 3 rings (SSSR count). The van der Waals surface area contributed by atoms with Crippen LogP contribution in [0.2, 0.25) is 0 Å². The largest absolute Gasteiger partial charge is 0.481 e. The smallest absolute Gasteiger partial charge is 0.317 e. The zero-order valence-electron chi connectivity index (χ0n) is 13.9. The van der Waals surface area contributed by atoms with Crippen molar-refractivity contribution in [1.29, 1.82) is 0 Å². The number of hydrogen-bond acceptors (Lipinski definition) is 3. The summed E-state index contributed by atoms with van der Waals surface area (Å²) in [7, 11) is 0. The molecular formula is C18H22N2O4. The summed E-state index contributed by atoms with van der Waals surface area (Å²) in [5.74, 6) is -0.365. The number of benzene rings is 1. The van der Waals surface area contributed by atoms with Gasteiger partial charge in [0.15, 0.2) is 0 Å². The standard InChI is InChI=1S/C18H22N2O4/c1-11-14-5-3-4-6-15(14)24-16(11)12(2)19-18(23)20-9-7-13(8-10-20)17(21)22/h3-6,12-13H,7-10H2,1-2H3,(H,19,23)(H,21,22)/t12-/m1/s1. The maximum absolute atomic E-state index is 12.4. The fourth-order valence-electron chi connectivity index (χ4n) is 3.28. The summed E-state index contributed by atoms with van der Waals surface area (Å²) in [6.07, 6.45) is 1.00. The van der Waals surface area contributed by atoms with Crippen LogP contribution >= 0.6 is 0 Å². The average molecular weight is 330 g/mol. The normalized spacial score (nSPS) is 17.0. The number of carboxylic acids is 1. The van der Waals surface area contributed by atoms with Crippen molar-refractivity contribution in [3.05, 3.63) is 35.6 Å². The third-order valence-electron chi connectivity index (χ3n) is 4.75. The molecule has 0 saturated carbocycles. The first-order valence-electron chi connectivity index (χ1n) is 8.23. The van der Waals surface area contributed by atoms with Gasteiger partial charge in [0.05, 0.1) is 12.0 Å². The van der Waals surface area contributed by atoms with Crippen LogP contribution in [0.3, 0.4) is 0 Å². The SMILES string of the molecule is Cc1c([C@@H](C)NC(=O)N2CCC(C(=O)O)CC2)oc2ccccc12. The van der Waals surface area contributed by atoms with Crippen molar-refractivity contribution in [3.8, 4) is 0 Å². The molecule has 1 aliphatic heterocycles. The number of fused-ring (bicyclic) bond motifs is 1. The van der Waals surface area contributed by atoms with Crippen molar-refractivity contribution in [1.82, 2.24) is 10.2 Å². The highest BCUT2D eigenvalue weighted by Gasteiger charge is 2.28. The van der Waals surface area contributed by atoms with Crippen LogP contribution < -0.4 is 5.32 Å². The molecule has 2 amide bonds. The molecular weight excluding hydrogens is 308 g/mol. The number of likely N-dealkylation sites (tertiary alicyclic amines) is 1. The highest BCUT2D eigenvalue weighted by atomic mass is 16.4. The van der Waals surface area contributed by atoms with Crippen molar-refractivity contribution >= 4 is 23.0 Å². The van der Waals surface area contributed by atoms with E-state index in [1.807, 2.05) is 38.1 Å². The molecule has 1 aromatic heterocycles. The van der Waals surface area contributed by atoms with Gasteiger partial charge in [0.25, 0.3) is 0 Å². The Morgan fingerprint density at radius 3 is 2.58 bits per heavy atom. The van der Waals surface area contributed by atoms with Crippen molar-refractivity contribution in [3.63, 3.8) is 0 Å². The van der Waals surface area contributed by atoms with Gasteiger partial charge in [-0.25, -0.2) is 4.79 Å². The molecule has 0 unspecified atom stereocenters. The first-order valence-corrected chi connectivity index (χ1v) is 8.23. The molecule has 0 bridgehead atoms. The van der Waals surface area contributed by atoms with E-state index in [4.69, 9.17) is 9.52 Å². The van der Waals surface area contributed by atoms with Crippen molar-refractivity contribution in [2.75, 3.05) is 13.1 Å². The second kappa shape index (κ2) is 6.55. The van der Waals surface area contributed by atoms with E-state index in [0.29, 0.717) is 25.9 Å². The molecule has 1 saturated heterocycles. The zero-order valence-corrected chi connectivity index (χ0v) is 13.9. The van der Waals surface area contributed by atoms with Gasteiger partial charge in [0.1, 0.15) is 11.3 Å². The highest BCUT2D eigenvalue weighted by molar-refractivity contribution is 5.82. The molecule has 2 aromatic rings. The zero-order chi connectivity index (χ0) is 17.3. The van der Waals surface area contributed by atoms with Gasteiger partial charge in [-0.1, -0.05) is 18.2 Å². The number of carbonyl (C=O) groups excluding carboxylic acids is 1. The molecule has 0 spiro atoms. The van der Waals surface area contributed by atoms with Crippen LogP contribution in [0.5, 0.6) is 0 Å². The number of para-hydroxylation sites is 1. The first-order chi connectivity index (χ1) is 11.5. The minimum Gasteiger partial charge on any atom is -0.481 e. The van der Waals surface area contributed by atoms with Crippen LogP contribution in [-0.2, 0) is 4.79 Å². The molecule has 0 aliphatic carbocycles. The van der Waals surface area contributed by atoms with E-state index in [2.05, 4.69) is 5.32 Å². The highest BCUT2D eigenvalue weighted by Crippen LogP contribution is 2.29. The Morgan fingerprint density at radius 2 is 1.96 bits per heavy atom. The summed E-state index contributed by atoms with van der Waals surface area (Å²) >= 11 is 0. The van der Waals surface area contributed by atoms with Crippen LogP contribution in [0.4, 0.5) is 4.79 Å². The number of carboxylic acid groups (broad SMARTS) is 1. The van der Waals surface area contributed by atoms with Crippen LogP contribution in [0.25, 0.3) is 11.0 Å². The predicted octanol–water partition coefficient (Wildman–Crippen LogP) is 3.31. The number of aryl methyl sites for hydroxylation is 1. The predicted molar refractivity (Wildman–Crippen MR) is 89.8 cm³/mol. The molecule has 2 heterocycles. The quantitative estimate of drug-likeness (QED) is 0.904. The minimum atomic E-state index is -0.777. The lowest BCUT2D eigenvalue weighted by atomic mass is 9.97. The monoisotopic (exact) mass is 330 g/mol. The van der Waals surface area contributed by atoms with E-state index in [0.717, 1.165) is 22.3 Å². The second-order valence-corrected chi connectivity index (χ2v) is 6.36. The number of urea groups is 1. The Labute approximate surface area is 140 Å². The van der Waals surface area contributed by atoms with E-state index >= 15 is 0 Å². The van der Waals surface area contributed by atoms with Gasteiger partial charge in [-0.05, 0) is 32.8 Å². The number of aliphatic carboxylic acids is 1. The molecule has 1 aromatic carbocycles. The number of rotatable bonds is 3. The topological polar surface area (TPSA) is 82.8 Å². The Morgan fingerprint density at radius 1 is 1.29 bits per heavy atom. The molecule has 1 atom stereocenters. The lowest BCUT2D eigenvalue weighted by Crippen LogP contribution is -2.46. The average Bonchev–Trinajstić information content (AvgIpc) is 2.92. The van der Waals surface area contributed by atoms with E-state index in [-0.39, 0.29) is 18.0 Å². The first kappa shape index (κ1) is 16.4. The molecule has 128 valence electrons. The molecule has 0 radical (unpaired) electrons. The van der Waals surface area contributed by atoms with Crippen LogP contribution in [0, 0.1) is 12.8 Å². The number of amides is 2. The summed E-state index contributed by atoms with van der Waals surface area (Å²) in [6, 6.07) is 7.38. The second-order valence-electron chi connectivity index (χ2n) is 6.36. The Hall–Kier alpha value is -2.50. The van der Waals surface area contributed by atoms with E-state index in [1.54, 1.807) is 4.90 Å². The van der Waals surface area contributed by atoms with E-state index < -0.39 is 5.97 Å². The van der Waals surface area contributed by atoms with Crippen LogP contribution in [-0.4, -0.2) is 35.1 Å². The lowest BCUT2D eigenvalue weighted by Gasteiger charge is -2.31. The van der Waals surface area contributed by atoms with Crippen LogP contribution in [0.1, 0.15) is 37.1 Å². The van der Waals surface area contributed by atoms with E-state index in [9.17, 15) is 9.59 Å². The molecule has 2 N–H and O–H groups in total. The summed E-state index contributed by atoms with van der Waals surface area (Å²) in [5.41, 5.74) is 1.84. The number of furan rings is 1. The van der Waals surface area contributed by atoms with Gasteiger partial charge < -0.3 is 19.7 Å². The molecule has 6 heteroatoms. The molecule has 1 fully saturated rings. The van der Waals surface area contributed by atoms with Gasteiger partial charge >= 0.3 is 12.0 Å². The lowest BCUT2D eigenvalue weighted by molar-refractivity contribution is -0.143. The molecule has 24 heavy (non-hydrogen) atoms. The van der Waals surface area contributed by atoms with Crippen molar-refractivity contribution < 1.29 is 19.1 Å². The van der Waals surface area contributed by atoms with Gasteiger partial charge in [0.2, 0.25) is 0 Å². The summed E-state index contributed by atoms with van der Waals surface area (Å²) in [6.45, 7) is 4.82. The number of hydrogen-bond donors (Lipinski definition) is 2. The summed E-state index contributed by atoms with van der Waals surface area (Å²) < 4.78 is 5.89. The minimum absolute atomic E-state index is 0.175. The molecule has 1 aliphatic rings. The third kappa shape index (κ3) is 3.09. The fourth-order valence-corrected chi connectivity index (χ4v) is 3.28. The van der Waals surface area contributed by atoms with Crippen molar-refractivity contribution in [2.45, 2.75) is 32.7 Å². The Kier molecular flexibility index (Phi) is 4.46. The third-order valence-corrected chi connectivity index (χ3v) is 4.75. The van der Waals surface area contributed by atoms with Gasteiger partial charge in [-0.15, -0.1) is 0 Å². The van der Waals surface area contributed by atoms with Gasteiger partial charge in [-0.2, -0.15) is 0 Å². The number of piperidine rings is 1. The number of nitrogens with zero attached hydrogens (tertiary/aromatic N) is 1. The number of nitrogens with one attached hydrogen (secondary N) is 1. The van der Waals surface area contributed by atoms with E-state index in [1.165, 1.54) is 0 Å². The maximum Gasteiger partial charge on any atom is 0.317 e. The Balaban J connectivity index is 1.66. The van der Waals surface area contributed by atoms with Gasteiger partial charge in [0, 0.05) is 24.0 Å². The fraction of sp³-hybridized carbons (Fsp3) is 0.444.